The van der Waals surface area contributed by atoms with Gasteiger partial charge in [0.15, 0.2) is 0 Å². The van der Waals surface area contributed by atoms with E-state index < -0.39 is 0 Å². The zero-order chi connectivity index (χ0) is 26.4. The molecule has 0 saturated heterocycles. The number of benzene rings is 2. The Hall–Kier alpha value is -1.96. The van der Waals surface area contributed by atoms with E-state index >= 15 is 0 Å². The minimum absolute atomic E-state index is 0.0123. The highest BCUT2D eigenvalue weighted by molar-refractivity contribution is 5.57. The second-order valence-corrected chi connectivity index (χ2v) is 14.2. The molecule has 36 heavy (non-hydrogen) atoms. The van der Waals surface area contributed by atoms with Crippen LogP contribution in [0.1, 0.15) is 158 Å². The van der Waals surface area contributed by atoms with Crippen LogP contribution in [0.5, 0.6) is 11.5 Å². The van der Waals surface area contributed by atoms with E-state index in [0.29, 0.717) is 23.3 Å². The number of hydrogen-bond acceptors (Lipinski definition) is 2. The SMILES string of the molecule is CC(C)C(c1cc(C(C)(C)C)cc(C2CCCC2)c1O)c1cc(C(C)(C)C)cc(C2CCCC2)c1O. The van der Waals surface area contributed by atoms with E-state index in [2.05, 4.69) is 79.7 Å². The molecule has 2 heteroatoms. The molecule has 0 aromatic heterocycles. The third-order valence-corrected chi connectivity index (χ3v) is 9.00. The minimum atomic E-state index is -0.0603. The van der Waals surface area contributed by atoms with Crippen molar-refractivity contribution in [3.63, 3.8) is 0 Å². The highest BCUT2D eigenvalue weighted by Crippen LogP contribution is 2.50. The quantitative estimate of drug-likeness (QED) is 0.438. The Bertz CT molecular complexity index is 984. The normalized spacial score (nSPS) is 18.2. The third kappa shape index (κ3) is 5.34. The summed E-state index contributed by atoms with van der Waals surface area (Å²) in [6.45, 7) is 18.1. The lowest BCUT2D eigenvalue weighted by Crippen LogP contribution is -2.18. The van der Waals surface area contributed by atoms with Crippen molar-refractivity contribution < 1.29 is 10.2 Å². The van der Waals surface area contributed by atoms with Crippen LogP contribution >= 0.6 is 0 Å². The van der Waals surface area contributed by atoms with Gasteiger partial charge in [-0.2, -0.15) is 0 Å². The monoisotopic (exact) mass is 490 g/mol. The van der Waals surface area contributed by atoms with Gasteiger partial charge in [-0.15, -0.1) is 0 Å². The van der Waals surface area contributed by atoms with E-state index in [0.717, 1.165) is 47.9 Å². The second-order valence-electron chi connectivity index (χ2n) is 14.2. The highest BCUT2D eigenvalue weighted by Gasteiger charge is 2.33. The molecule has 2 aliphatic carbocycles. The standard InChI is InChI=1S/C34H50O2/c1-21(2)30(28-19-24(33(3,4)5)17-26(31(28)35)22-13-9-10-14-22)29-20-25(34(6,7)8)18-27(32(29)36)23-15-11-12-16-23/h17-23,30,35-36H,9-16H2,1-8H3. The topological polar surface area (TPSA) is 40.5 Å². The number of aromatic hydroxyl groups is 2. The third-order valence-electron chi connectivity index (χ3n) is 9.00. The van der Waals surface area contributed by atoms with E-state index in [1.807, 2.05) is 0 Å². The van der Waals surface area contributed by atoms with Crippen molar-refractivity contribution in [3.05, 3.63) is 57.6 Å². The Labute approximate surface area is 220 Å². The summed E-state index contributed by atoms with van der Waals surface area (Å²) < 4.78 is 0. The maximum Gasteiger partial charge on any atom is 0.122 e. The van der Waals surface area contributed by atoms with Gasteiger partial charge >= 0.3 is 0 Å². The molecule has 0 bridgehead atoms. The Morgan fingerprint density at radius 3 is 1.22 bits per heavy atom. The molecule has 4 rings (SSSR count). The second kappa shape index (κ2) is 10.1. The number of rotatable bonds is 5. The van der Waals surface area contributed by atoms with Crippen molar-refractivity contribution in [2.75, 3.05) is 0 Å². The molecule has 198 valence electrons. The largest absolute Gasteiger partial charge is 0.507 e. The van der Waals surface area contributed by atoms with Gasteiger partial charge in [-0.25, -0.2) is 0 Å². The number of phenolic OH excluding ortho intramolecular Hbond substituents is 2. The van der Waals surface area contributed by atoms with Crippen molar-refractivity contribution in [2.45, 2.75) is 135 Å². The number of phenols is 2. The maximum atomic E-state index is 11.8. The molecule has 0 atom stereocenters. The Kier molecular flexibility index (Phi) is 7.58. The van der Waals surface area contributed by atoms with Crippen molar-refractivity contribution in [2.24, 2.45) is 5.92 Å². The van der Waals surface area contributed by atoms with Gasteiger partial charge in [0.2, 0.25) is 0 Å². The highest BCUT2D eigenvalue weighted by atomic mass is 16.3. The van der Waals surface area contributed by atoms with Gasteiger partial charge in [0.05, 0.1) is 0 Å². The summed E-state index contributed by atoms with van der Waals surface area (Å²) in [5.74, 6) is 1.98. The van der Waals surface area contributed by atoms with Gasteiger partial charge < -0.3 is 10.2 Å². The summed E-state index contributed by atoms with van der Waals surface area (Å²) in [6.07, 6.45) is 9.59. The molecule has 2 N–H and O–H groups in total. The van der Waals surface area contributed by atoms with E-state index in [1.54, 1.807) is 0 Å². The van der Waals surface area contributed by atoms with Crippen LogP contribution in [0.15, 0.2) is 24.3 Å². The van der Waals surface area contributed by atoms with Crippen molar-refractivity contribution in [1.82, 2.24) is 0 Å². The molecule has 2 nitrogen and oxygen atoms in total. The zero-order valence-corrected chi connectivity index (χ0v) is 24.2. The first-order chi connectivity index (χ1) is 16.8. The van der Waals surface area contributed by atoms with Crippen molar-refractivity contribution in [1.29, 1.82) is 0 Å². The molecule has 2 aliphatic rings. The fourth-order valence-electron chi connectivity index (χ4n) is 6.68. The lowest BCUT2D eigenvalue weighted by Gasteiger charge is -2.32. The minimum Gasteiger partial charge on any atom is -0.507 e. The first-order valence-corrected chi connectivity index (χ1v) is 14.5. The predicted octanol–water partition coefficient (Wildman–Crippen LogP) is 9.80. The Morgan fingerprint density at radius 1 is 0.611 bits per heavy atom. The molecule has 2 aromatic rings. The van der Waals surface area contributed by atoms with Crippen LogP contribution in [0, 0.1) is 5.92 Å². The van der Waals surface area contributed by atoms with E-state index in [4.69, 9.17) is 0 Å². The molecular formula is C34H50O2. The van der Waals surface area contributed by atoms with E-state index in [1.165, 1.54) is 36.8 Å². The van der Waals surface area contributed by atoms with Gasteiger partial charge in [-0.05, 0) is 76.5 Å². The summed E-state index contributed by atoms with van der Waals surface area (Å²) in [5, 5.41) is 23.7. The van der Waals surface area contributed by atoms with Crippen LogP contribution in [-0.4, -0.2) is 10.2 Å². The smallest absolute Gasteiger partial charge is 0.122 e. The molecular weight excluding hydrogens is 440 g/mol. The van der Waals surface area contributed by atoms with Crippen molar-refractivity contribution >= 4 is 0 Å². The van der Waals surface area contributed by atoms with Crippen LogP contribution in [0.2, 0.25) is 0 Å². The molecule has 0 aliphatic heterocycles. The van der Waals surface area contributed by atoms with Crippen LogP contribution in [-0.2, 0) is 10.8 Å². The van der Waals surface area contributed by atoms with E-state index in [9.17, 15) is 10.2 Å². The zero-order valence-electron chi connectivity index (χ0n) is 24.2. The molecule has 0 spiro atoms. The molecule has 0 unspecified atom stereocenters. The summed E-state index contributed by atoms with van der Waals surface area (Å²) >= 11 is 0. The van der Waals surface area contributed by atoms with Crippen LogP contribution in [0.25, 0.3) is 0 Å². The lowest BCUT2D eigenvalue weighted by atomic mass is 9.73. The van der Waals surface area contributed by atoms with Crippen LogP contribution < -0.4 is 0 Å². The van der Waals surface area contributed by atoms with Gasteiger partial charge in [0.1, 0.15) is 11.5 Å². The molecule has 2 aromatic carbocycles. The fraction of sp³-hybridized carbons (Fsp3) is 0.647. The van der Waals surface area contributed by atoms with Gasteiger partial charge in [-0.1, -0.05) is 105 Å². The first-order valence-electron chi connectivity index (χ1n) is 14.5. The average Bonchev–Trinajstić information content (AvgIpc) is 3.48. The molecule has 2 fully saturated rings. The summed E-state index contributed by atoms with van der Waals surface area (Å²) in [5.41, 5.74) is 6.79. The predicted molar refractivity (Wildman–Crippen MR) is 153 cm³/mol. The maximum absolute atomic E-state index is 11.8. The Morgan fingerprint density at radius 2 is 0.944 bits per heavy atom. The van der Waals surface area contributed by atoms with E-state index in [-0.39, 0.29) is 22.7 Å². The summed E-state index contributed by atoms with van der Waals surface area (Å²) in [4.78, 5) is 0. The van der Waals surface area contributed by atoms with Gasteiger partial charge in [-0.3, -0.25) is 0 Å². The van der Waals surface area contributed by atoms with Gasteiger partial charge in [0, 0.05) is 17.0 Å². The van der Waals surface area contributed by atoms with Crippen LogP contribution in [0.4, 0.5) is 0 Å². The molecule has 0 amide bonds. The average molecular weight is 491 g/mol. The van der Waals surface area contributed by atoms with Gasteiger partial charge in [0.25, 0.3) is 0 Å². The number of hydrogen-bond donors (Lipinski definition) is 2. The summed E-state index contributed by atoms with van der Waals surface area (Å²) in [7, 11) is 0. The van der Waals surface area contributed by atoms with Crippen LogP contribution in [0.3, 0.4) is 0 Å². The fourth-order valence-corrected chi connectivity index (χ4v) is 6.68. The first kappa shape index (κ1) is 27.1. The summed E-state index contributed by atoms with van der Waals surface area (Å²) in [6, 6.07) is 9.05. The lowest BCUT2D eigenvalue weighted by molar-refractivity contribution is 0.421. The molecule has 0 heterocycles. The molecule has 2 saturated carbocycles. The molecule has 0 radical (unpaired) electrons. The Balaban J connectivity index is 1.97. The van der Waals surface area contributed by atoms with Crippen molar-refractivity contribution in [3.8, 4) is 11.5 Å².